The van der Waals surface area contributed by atoms with Gasteiger partial charge in [-0.25, -0.2) is 0 Å². The van der Waals surface area contributed by atoms with E-state index >= 15 is 0 Å². The molecular weight excluding hydrogens is 528 g/mol. The van der Waals surface area contributed by atoms with E-state index < -0.39 is 0 Å². The van der Waals surface area contributed by atoms with E-state index in [2.05, 4.69) is 21.3 Å². The number of hydrogen-bond acceptors (Lipinski definition) is 7. The third kappa shape index (κ3) is 27.7. The molecule has 0 bridgehead atoms. The average molecular weight is 587 g/mol. The van der Waals surface area contributed by atoms with Gasteiger partial charge in [0.2, 0.25) is 23.6 Å². The summed E-state index contributed by atoms with van der Waals surface area (Å²) in [5, 5.41) is 11.8. The van der Waals surface area contributed by atoms with Gasteiger partial charge < -0.3 is 35.5 Å². The first-order valence-electron chi connectivity index (χ1n) is 15.5. The van der Waals surface area contributed by atoms with Crippen LogP contribution in [0.5, 0.6) is 0 Å². The van der Waals surface area contributed by atoms with Gasteiger partial charge in [0, 0.05) is 92.5 Å². The minimum Gasteiger partial charge on any atom is -0.385 e. The number of amides is 4. The van der Waals surface area contributed by atoms with Crippen LogP contribution in [-0.4, -0.2) is 90.5 Å². The maximum atomic E-state index is 12.6. The van der Waals surface area contributed by atoms with E-state index in [1.165, 1.54) is 0 Å². The van der Waals surface area contributed by atoms with Crippen LogP contribution in [0.1, 0.15) is 103 Å². The minimum atomic E-state index is -0.274. The maximum Gasteiger partial charge on any atom is 0.222 e. The molecule has 4 N–H and O–H groups in total. The number of ether oxygens (including phenoxy) is 3. The summed E-state index contributed by atoms with van der Waals surface area (Å²) >= 11 is 0. The van der Waals surface area contributed by atoms with Crippen molar-refractivity contribution in [2.75, 3.05) is 60.8 Å². The Balaban J connectivity index is 4.41. The molecule has 0 aromatic rings. The van der Waals surface area contributed by atoms with Gasteiger partial charge in [-0.1, -0.05) is 12.8 Å². The fraction of sp³-hybridized carbons (Fsp3) is 0.867. The van der Waals surface area contributed by atoms with Crippen molar-refractivity contribution in [3.63, 3.8) is 0 Å². The van der Waals surface area contributed by atoms with Crippen LogP contribution in [0.4, 0.5) is 0 Å². The van der Waals surface area contributed by atoms with E-state index in [4.69, 9.17) is 14.2 Å². The molecule has 0 radical (unpaired) electrons. The summed E-state index contributed by atoms with van der Waals surface area (Å²) in [6.07, 6.45) is 11.5. The Morgan fingerprint density at radius 3 is 1.49 bits per heavy atom. The van der Waals surface area contributed by atoms with Crippen molar-refractivity contribution in [2.24, 2.45) is 0 Å². The Hall–Kier alpha value is -2.24. The van der Waals surface area contributed by atoms with Gasteiger partial charge in [0.25, 0.3) is 0 Å². The van der Waals surface area contributed by atoms with Crippen LogP contribution in [0.15, 0.2) is 0 Å². The van der Waals surface area contributed by atoms with Gasteiger partial charge in [-0.2, -0.15) is 0 Å². The molecule has 1 unspecified atom stereocenters. The maximum absolute atomic E-state index is 12.6. The first kappa shape index (κ1) is 38.8. The van der Waals surface area contributed by atoms with Crippen LogP contribution >= 0.6 is 0 Å². The van der Waals surface area contributed by atoms with Gasteiger partial charge in [0.15, 0.2) is 0 Å². The number of nitrogens with one attached hydrogen (secondary N) is 4. The summed E-state index contributed by atoms with van der Waals surface area (Å²) in [6, 6.07) is -0.274. The fourth-order valence-corrected chi connectivity index (χ4v) is 4.23. The summed E-state index contributed by atoms with van der Waals surface area (Å²) < 4.78 is 15.0. The molecule has 11 heteroatoms. The lowest BCUT2D eigenvalue weighted by Crippen LogP contribution is -2.39. The normalized spacial score (nSPS) is 11.6. The number of methoxy groups -OCH3 is 3. The van der Waals surface area contributed by atoms with E-state index in [0.29, 0.717) is 58.5 Å². The van der Waals surface area contributed by atoms with E-state index in [0.717, 1.165) is 70.8 Å². The molecule has 0 saturated heterocycles. The zero-order valence-corrected chi connectivity index (χ0v) is 26.0. The quantitative estimate of drug-likeness (QED) is 0.0987. The monoisotopic (exact) mass is 586 g/mol. The molecule has 0 aromatic heterocycles. The van der Waals surface area contributed by atoms with Crippen molar-refractivity contribution in [1.82, 2.24) is 21.3 Å². The zero-order chi connectivity index (χ0) is 30.4. The second kappa shape index (κ2) is 29.3. The summed E-state index contributed by atoms with van der Waals surface area (Å²) in [7, 11) is 4.99. The molecule has 0 spiro atoms. The van der Waals surface area contributed by atoms with Gasteiger partial charge in [-0.05, 0) is 64.2 Å². The summed E-state index contributed by atoms with van der Waals surface area (Å²) in [5.41, 5.74) is 0. The summed E-state index contributed by atoms with van der Waals surface area (Å²) in [6.45, 7) is 3.69. The smallest absolute Gasteiger partial charge is 0.222 e. The molecule has 4 amide bonds. The SMILES string of the molecule is COCCCCCCNC(=O)CC(CCCCNC(=O)CCCCOC)NC(=O)CCCNC(=O)CCCCOC. The molecule has 0 saturated carbocycles. The third-order valence-corrected chi connectivity index (χ3v) is 6.60. The summed E-state index contributed by atoms with van der Waals surface area (Å²) in [5.74, 6) is -0.177. The van der Waals surface area contributed by atoms with Crippen molar-refractivity contribution in [3.05, 3.63) is 0 Å². The van der Waals surface area contributed by atoms with Gasteiger partial charge in [-0.3, -0.25) is 19.2 Å². The highest BCUT2D eigenvalue weighted by molar-refractivity contribution is 5.80. The van der Waals surface area contributed by atoms with Crippen LogP contribution in [0.2, 0.25) is 0 Å². The van der Waals surface area contributed by atoms with Crippen molar-refractivity contribution in [3.8, 4) is 0 Å². The van der Waals surface area contributed by atoms with E-state index in [9.17, 15) is 19.2 Å². The Bertz CT molecular complexity index is 679. The highest BCUT2D eigenvalue weighted by atomic mass is 16.5. The minimum absolute atomic E-state index is 0.0168. The molecule has 0 aliphatic carbocycles. The first-order chi connectivity index (χ1) is 19.9. The highest BCUT2D eigenvalue weighted by Crippen LogP contribution is 2.07. The average Bonchev–Trinajstić information content (AvgIpc) is 2.95. The number of hydrogen-bond donors (Lipinski definition) is 4. The van der Waals surface area contributed by atoms with E-state index in [-0.39, 0.29) is 42.5 Å². The van der Waals surface area contributed by atoms with Crippen LogP contribution in [0, 0.1) is 0 Å². The topological polar surface area (TPSA) is 144 Å². The molecule has 1 atom stereocenters. The molecule has 240 valence electrons. The Labute approximate surface area is 248 Å². The zero-order valence-electron chi connectivity index (χ0n) is 26.0. The van der Waals surface area contributed by atoms with Crippen LogP contribution in [0.25, 0.3) is 0 Å². The molecular formula is C30H58N4O7. The van der Waals surface area contributed by atoms with E-state index in [1.54, 1.807) is 21.3 Å². The number of carbonyl (C=O) groups is 4. The molecule has 11 nitrogen and oxygen atoms in total. The Kier molecular flexibility index (Phi) is 27.7. The highest BCUT2D eigenvalue weighted by Gasteiger charge is 2.16. The number of unbranched alkanes of at least 4 members (excludes halogenated alkanes) is 6. The Morgan fingerprint density at radius 1 is 0.488 bits per heavy atom. The van der Waals surface area contributed by atoms with Crippen LogP contribution < -0.4 is 21.3 Å². The predicted molar refractivity (Wildman–Crippen MR) is 160 cm³/mol. The van der Waals surface area contributed by atoms with Crippen molar-refractivity contribution < 1.29 is 33.4 Å². The molecule has 0 rings (SSSR count). The van der Waals surface area contributed by atoms with Gasteiger partial charge in [0.1, 0.15) is 0 Å². The number of carbonyl (C=O) groups excluding carboxylic acids is 4. The predicted octanol–water partition coefficient (Wildman–Crippen LogP) is 3.00. The second-order valence-electron chi connectivity index (χ2n) is 10.4. The van der Waals surface area contributed by atoms with E-state index in [1.807, 2.05) is 0 Å². The third-order valence-electron chi connectivity index (χ3n) is 6.60. The molecule has 41 heavy (non-hydrogen) atoms. The van der Waals surface area contributed by atoms with Crippen molar-refractivity contribution >= 4 is 23.6 Å². The largest absolute Gasteiger partial charge is 0.385 e. The lowest BCUT2D eigenvalue weighted by atomic mass is 10.0. The molecule has 0 fully saturated rings. The first-order valence-corrected chi connectivity index (χ1v) is 15.5. The molecule has 0 heterocycles. The molecule has 0 aliphatic heterocycles. The lowest BCUT2D eigenvalue weighted by Gasteiger charge is -2.19. The lowest BCUT2D eigenvalue weighted by molar-refractivity contribution is -0.124. The Morgan fingerprint density at radius 2 is 0.927 bits per heavy atom. The second-order valence-corrected chi connectivity index (χ2v) is 10.4. The number of rotatable bonds is 29. The van der Waals surface area contributed by atoms with Crippen LogP contribution in [-0.2, 0) is 33.4 Å². The van der Waals surface area contributed by atoms with Crippen LogP contribution in [0.3, 0.4) is 0 Å². The van der Waals surface area contributed by atoms with Gasteiger partial charge >= 0.3 is 0 Å². The fourth-order valence-electron chi connectivity index (χ4n) is 4.23. The van der Waals surface area contributed by atoms with Gasteiger partial charge in [0.05, 0.1) is 0 Å². The van der Waals surface area contributed by atoms with Crippen molar-refractivity contribution in [1.29, 1.82) is 0 Å². The van der Waals surface area contributed by atoms with Crippen molar-refractivity contribution in [2.45, 2.75) is 109 Å². The molecule has 0 aromatic carbocycles. The molecule has 0 aliphatic rings. The summed E-state index contributed by atoms with van der Waals surface area (Å²) in [4.78, 5) is 49.0. The van der Waals surface area contributed by atoms with Gasteiger partial charge in [-0.15, -0.1) is 0 Å². The standard InChI is InChI=1S/C30H58N4O7/c1-39-22-11-5-4-9-19-33-30(38)25-26(15-6-10-20-31-27(35)16-7-12-23-40-2)34-29(37)18-14-21-32-28(36)17-8-13-24-41-3/h26H,4-25H2,1-3H3,(H,31,35)(H,32,36)(H,33,38)(H,34,37).